The lowest BCUT2D eigenvalue weighted by Gasteiger charge is -2.06. The maximum Gasteiger partial charge on any atom is 0.196 e. The molecule has 0 atom stereocenters. The topological polar surface area (TPSA) is 30.0 Å². The Labute approximate surface area is 119 Å². The van der Waals surface area contributed by atoms with Crippen molar-refractivity contribution in [1.29, 1.82) is 0 Å². The SMILES string of the molecule is O=C(c1ccc(Cl)cc1F)c1cccc2cnccc12. The number of pyridine rings is 1. The predicted molar refractivity (Wildman–Crippen MR) is 76.6 cm³/mol. The van der Waals surface area contributed by atoms with E-state index in [9.17, 15) is 9.18 Å². The summed E-state index contributed by atoms with van der Waals surface area (Å²) in [5.41, 5.74) is 0.463. The number of benzene rings is 2. The highest BCUT2D eigenvalue weighted by Gasteiger charge is 2.16. The van der Waals surface area contributed by atoms with Crippen molar-refractivity contribution in [1.82, 2.24) is 4.98 Å². The molecule has 0 N–H and O–H groups in total. The van der Waals surface area contributed by atoms with Crippen LogP contribution in [0.3, 0.4) is 0 Å². The van der Waals surface area contributed by atoms with Gasteiger partial charge in [0.2, 0.25) is 0 Å². The van der Waals surface area contributed by atoms with Gasteiger partial charge in [0.1, 0.15) is 5.82 Å². The zero-order valence-corrected chi connectivity index (χ0v) is 11.1. The molecule has 0 saturated heterocycles. The first kappa shape index (κ1) is 12.8. The molecule has 3 rings (SSSR count). The zero-order chi connectivity index (χ0) is 14.1. The molecule has 2 aromatic carbocycles. The van der Waals surface area contributed by atoms with Gasteiger partial charge < -0.3 is 0 Å². The van der Waals surface area contributed by atoms with E-state index in [4.69, 9.17) is 11.6 Å². The third-order valence-corrected chi connectivity index (χ3v) is 3.34. The Balaban J connectivity index is 2.18. The van der Waals surface area contributed by atoms with Crippen LogP contribution in [0, 0.1) is 5.82 Å². The molecular formula is C16H9ClFNO. The highest BCUT2D eigenvalue weighted by atomic mass is 35.5. The van der Waals surface area contributed by atoms with Crippen LogP contribution in [0.5, 0.6) is 0 Å². The highest BCUT2D eigenvalue weighted by molar-refractivity contribution is 6.30. The van der Waals surface area contributed by atoms with E-state index in [0.717, 1.165) is 16.8 Å². The number of hydrogen-bond acceptors (Lipinski definition) is 2. The molecule has 2 nitrogen and oxygen atoms in total. The van der Waals surface area contributed by atoms with Crippen LogP contribution in [0.15, 0.2) is 54.9 Å². The number of carbonyl (C=O) groups is 1. The van der Waals surface area contributed by atoms with Crippen molar-refractivity contribution in [3.8, 4) is 0 Å². The molecule has 0 aliphatic rings. The standard InChI is InChI=1S/C16H9ClFNO/c17-11-4-5-14(15(18)8-11)16(20)13-3-1-2-10-9-19-7-6-12(10)13/h1-9H. The van der Waals surface area contributed by atoms with Gasteiger partial charge in [0.15, 0.2) is 5.78 Å². The van der Waals surface area contributed by atoms with Crippen LogP contribution in [-0.2, 0) is 0 Å². The molecule has 0 aliphatic carbocycles. The Hall–Kier alpha value is -2.26. The van der Waals surface area contributed by atoms with E-state index in [1.807, 2.05) is 6.07 Å². The number of nitrogens with zero attached hydrogens (tertiary/aromatic N) is 1. The molecule has 0 aliphatic heterocycles. The monoisotopic (exact) mass is 285 g/mol. The Morgan fingerprint density at radius 3 is 2.75 bits per heavy atom. The van der Waals surface area contributed by atoms with Crippen LogP contribution in [0.1, 0.15) is 15.9 Å². The summed E-state index contributed by atoms with van der Waals surface area (Å²) in [7, 11) is 0. The fourth-order valence-electron chi connectivity index (χ4n) is 2.14. The molecule has 3 aromatic rings. The highest BCUT2D eigenvalue weighted by Crippen LogP contribution is 2.23. The second-order valence-electron chi connectivity index (χ2n) is 4.36. The number of carbonyl (C=O) groups excluding carboxylic acids is 1. The number of halogens is 2. The fourth-order valence-corrected chi connectivity index (χ4v) is 2.30. The summed E-state index contributed by atoms with van der Waals surface area (Å²) in [6.07, 6.45) is 3.28. The van der Waals surface area contributed by atoms with E-state index >= 15 is 0 Å². The van der Waals surface area contributed by atoms with Crippen molar-refractivity contribution in [2.45, 2.75) is 0 Å². The van der Waals surface area contributed by atoms with Crippen molar-refractivity contribution in [3.63, 3.8) is 0 Å². The smallest absolute Gasteiger partial charge is 0.196 e. The first-order valence-electron chi connectivity index (χ1n) is 5.99. The van der Waals surface area contributed by atoms with Gasteiger partial charge in [0.05, 0.1) is 5.56 Å². The average Bonchev–Trinajstić information content (AvgIpc) is 2.46. The summed E-state index contributed by atoms with van der Waals surface area (Å²) in [5.74, 6) is -0.982. The molecule has 0 bridgehead atoms. The minimum atomic E-state index is -0.617. The number of aromatic nitrogens is 1. The maximum absolute atomic E-state index is 13.9. The predicted octanol–water partition coefficient (Wildman–Crippen LogP) is 4.26. The Bertz CT molecular complexity index is 811. The second-order valence-corrected chi connectivity index (χ2v) is 4.79. The van der Waals surface area contributed by atoms with Gasteiger partial charge in [-0.2, -0.15) is 0 Å². The van der Waals surface area contributed by atoms with Gasteiger partial charge in [-0.3, -0.25) is 9.78 Å². The average molecular weight is 286 g/mol. The van der Waals surface area contributed by atoms with E-state index in [1.54, 1.807) is 30.6 Å². The maximum atomic E-state index is 13.9. The lowest BCUT2D eigenvalue weighted by Crippen LogP contribution is -2.05. The third kappa shape index (κ3) is 2.17. The molecule has 20 heavy (non-hydrogen) atoms. The molecule has 0 fully saturated rings. The molecule has 98 valence electrons. The first-order chi connectivity index (χ1) is 9.66. The van der Waals surface area contributed by atoms with E-state index < -0.39 is 5.82 Å². The van der Waals surface area contributed by atoms with E-state index in [0.29, 0.717) is 5.56 Å². The number of ketones is 1. The van der Waals surface area contributed by atoms with Crippen LogP contribution in [0.2, 0.25) is 5.02 Å². The number of fused-ring (bicyclic) bond motifs is 1. The quantitative estimate of drug-likeness (QED) is 0.659. The first-order valence-corrected chi connectivity index (χ1v) is 6.37. The molecule has 0 amide bonds. The third-order valence-electron chi connectivity index (χ3n) is 3.10. The fraction of sp³-hybridized carbons (Fsp3) is 0. The number of rotatable bonds is 2. The molecular weight excluding hydrogens is 277 g/mol. The van der Waals surface area contributed by atoms with Crippen molar-refractivity contribution < 1.29 is 9.18 Å². The summed E-state index contributed by atoms with van der Waals surface area (Å²) < 4.78 is 13.9. The van der Waals surface area contributed by atoms with Gasteiger partial charge >= 0.3 is 0 Å². The summed E-state index contributed by atoms with van der Waals surface area (Å²) in [6, 6.07) is 11.1. The van der Waals surface area contributed by atoms with Crippen LogP contribution < -0.4 is 0 Å². The van der Waals surface area contributed by atoms with Crippen molar-refractivity contribution in [3.05, 3.63) is 76.8 Å². The van der Waals surface area contributed by atoms with E-state index in [1.165, 1.54) is 12.1 Å². The Kier molecular flexibility index (Phi) is 3.20. The summed E-state index contributed by atoms with van der Waals surface area (Å²) in [5, 5.41) is 1.86. The van der Waals surface area contributed by atoms with Gasteiger partial charge in [-0.05, 0) is 29.7 Å². The molecule has 4 heteroatoms. The van der Waals surface area contributed by atoms with Crippen LogP contribution in [0.25, 0.3) is 10.8 Å². The van der Waals surface area contributed by atoms with Crippen LogP contribution in [0.4, 0.5) is 4.39 Å². The van der Waals surface area contributed by atoms with Gasteiger partial charge in [-0.15, -0.1) is 0 Å². The molecule has 0 radical (unpaired) electrons. The van der Waals surface area contributed by atoms with E-state index in [2.05, 4.69) is 4.98 Å². The van der Waals surface area contributed by atoms with Gasteiger partial charge in [-0.25, -0.2) is 4.39 Å². The molecule has 0 saturated carbocycles. The van der Waals surface area contributed by atoms with Gasteiger partial charge in [-0.1, -0.05) is 29.8 Å². The largest absolute Gasteiger partial charge is 0.288 e. The minimum absolute atomic E-state index is 0.0127. The normalized spacial score (nSPS) is 10.7. The van der Waals surface area contributed by atoms with Crippen LogP contribution in [-0.4, -0.2) is 10.8 Å². The lowest BCUT2D eigenvalue weighted by molar-refractivity contribution is 0.103. The summed E-state index contributed by atoms with van der Waals surface area (Å²) in [6.45, 7) is 0. The van der Waals surface area contributed by atoms with Crippen LogP contribution >= 0.6 is 11.6 Å². The van der Waals surface area contributed by atoms with Crippen molar-refractivity contribution in [2.75, 3.05) is 0 Å². The molecule has 1 aromatic heterocycles. The number of hydrogen-bond donors (Lipinski definition) is 0. The summed E-state index contributed by atoms with van der Waals surface area (Å²) >= 11 is 5.70. The Morgan fingerprint density at radius 1 is 1.10 bits per heavy atom. The van der Waals surface area contributed by atoms with Crippen molar-refractivity contribution in [2.24, 2.45) is 0 Å². The Morgan fingerprint density at radius 2 is 1.95 bits per heavy atom. The van der Waals surface area contributed by atoms with E-state index in [-0.39, 0.29) is 16.4 Å². The van der Waals surface area contributed by atoms with Crippen molar-refractivity contribution >= 4 is 28.2 Å². The summed E-state index contributed by atoms with van der Waals surface area (Å²) in [4.78, 5) is 16.5. The minimum Gasteiger partial charge on any atom is -0.288 e. The second kappa shape index (κ2) is 5.02. The zero-order valence-electron chi connectivity index (χ0n) is 10.3. The van der Waals surface area contributed by atoms with Gasteiger partial charge in [0, 0.05) is 28.4 Å². The molecule has 1 heterocycles. The molecule has 0 unspecified atom stereocenters. The molecule has 0 spiro atoms. The lowest BCUT2D eigenvalue weighted by atomic mass is 9.98. The van der Waals surface area contributed by atoms with Gasteiger partial charge in [0.25, 0.3) is 0 Å².